The van der Waals surface area contributed by atoms with Gasteiger partial charge in [0.2, 0.25) is 0 Å². The topological polar surface area (TPSA) is 55.2 Å². The molecule has 1 rings (SSSR count). The third-order valence-electron chi connectivity index (χ3n) is 3.44. The maximum Gasteiger partial charge on any atom is 0.275 e. The summed E-state index contributed by atoms with van der Waals surface area (Å²) in [6.07, 6.45) is 6.17. The number of hydrogen-bond donors (Lipinski definition) is 1. The lowest BCUT2D eigenvalue weighted by atomic mass is 10.0. The van der Waals surface area contributed by atoms with E-state index in [1.165, 1.54) is 31.7 Å². The molecule has 118 valence electrons. The van der Waals surface area contributed by atoms with Gasteiger partial charge in [0.05, 0.1) is 4.92 Å². The number of nitro benzene ring substituents is 1. The second-order valence-corrected chi connectivity index (χ2v) is 6.24. The Morgan fingerprint density at radius 3 is 2.62 bits per heavy atom. The lowest BCUT2D eigenvalue weighted by Gasteiger charge is -2.07. The summed E-state index contributed by atoms with van der Waals surface area (Å²) in [5.74, 6) is 0.786. The van der Waals surface area contributed by atoms with Crippen LogP contribution in [0, 0.1) is 16.0 Å². The molecular weight excluding hydrogens is 288 g/mol. The van der Waals surface area contributed by atoms with Crippen molar-refractivity contribution in [1.29, 1.82) is 0 Å². The first-order valence-electron chi connectivity index (χ1n) is 7.64. The molecule has 0 saturated heterocycles. The van der Waals surface area contributed by atoms with Crippen molar-refractivity contribution in [3.8, 4) is 0 Å². The summed E-state index contributed by atoms with van der Waals surface area (Å²) >= 11 is 5.79. The van der Waals surface area contributed by atoms with Crippen LogP contribution in [0.4, 0.5) is 5.69 Å². The van der Waals surface area contributed by atoms with Crippen molar-refractivity contribution in [2.75, 3.05) is 6.54 Å². The minimum atomic E-state index is -0.380. The summed E-state index contributed by atoms with van der Waals surface area (Å²) in [4.78, 5) is 10.6. The zero-order valence-electron chi connectivity index (χ0n) is 12.9. The zero-order valence-corrected chi connectivity index (χ0v) is 13.7. The van der Waals surface area contributed by atoms with Crippen molar-refractivity contribution < 1.29 is 4.92 Å². The van der Waals surface area contributed by atoms with E-state index in [1.54, 1.807) is 12.1 Å². The third-order valence-corrected chi connectivity index (χ3v) is 3.68. The average molecular weight is 313 g/mol. The Kier molecular flexibility index (Phi) is 8.31. The number of nitrogens with one attached hydrogen (secondary N) is 1. The van der Waals surface area contributed by atoms with Crippen molar-refractivity contribution in [3.63, 3.8) is 0 Å². The van der Waals surface area contributed by atoms with Crippen LogP contribution in [0.5, 0.6) is 0 Å². The van der Waals surface area contributed by atoms with Gasteiger partial charge in [0.1, 0.15) is 0 Å². The predicted molar refractivity (Wildman–Crippen MR) is 87.7 cm³/mol. The largest absolute Gasteiger partial charge is 0.312 e. The van der Waals surface area contributed by atoms with Gasteiger partial charge < -0.3 is 5.32 Å². The highest BCUT2D eigenvalue weighted by Gasteiger charge is 2.13. The van der Waals surface area contributed by atoms with Gasteiger partial charge in [-0.2, -0.15) is 0 Å². The molecule has 0 fully saturated rings. The van der Waals surface area contributed by atoms with Crippen molar-refractivity contribution in [2.45, 2.75) is 52.5 Å². The van der Waals surface area contributed by atoms with Gasteiger partial charge in [0.25, 0.3) is 5.69 Å². The maximum absolute atomic E-state index is 11.0. The quantitative estimate of drug-likeness (QED) is 0.378. The van der Waals surface area contributed by atoms with E-state index in [2.05, 4.69) is 19.2 Å². The van der Waals surface area contributed by atoms with E-state index >= 15 is 0 Å². The molecule has 1 aromatic rings. The first-order valence-corrected chi connectivity index (χ1v) is 8.02. The lowest BCUT2D eigenvalue weighted by Crippen LogP contribution is -2.15. The van der Waals surface area contributed by atoms with Crippen LogP contribution in [0.15, 0.2) is 18.2 Å². The fraction of sp³-hybridized carbons (Fsp3) is 0.625. The normalized spacial score (nSPS) is 11.0. The maximum atomic E-state index is 11.0. The predicted octanol–water partition coefficient (Wildman–Crippen LogP) is 4.94. The van der Waals surface area contributed by atoms with E-state index in [1.807, 2.05) is 0 Å². The van der Waals surface area contributed by atoms with Crippen LogP contribution in [0.25, 0.3) is 0 Å². The van der Waals surface area contributed by atoms with E-state index in [0.717, 1.165) is 18.9 Å². The Hall–Kier alpha value is -1.13. The minimum absolute atomic E-state index is 0.0898. The zero-order chi connectivity index (χ0) is 15.7. The van der Waals surface area contributed by atoms with E-state index in [9.17, 15) is 10.1 Å². The molecule has 5 heteroatoms. The Morgan fingerprint density at radius 2 is 1.95 bits per heavy atom. The Labute approximate surface area is 132 Å². The van der Waals surface area contributed by atoms with E-state index in [0.29, 0.717) is 17.1 Å². The SMILES string of the molecule is CC(C)CCCCCCNCc1ccc(Cl)cc1[N+](=O)[O-]. The number of nitro groups is 1. The van der Waals surface area contributed by atoms with E-state index in [-0.39, 0.29) is 10.6 Å². The molecular formula is C16H25ClN2O2. The van der Waals surface area contributed by atoms with E-state index in [4.69, 9.17) is 11.6 Å². The van der Waals surface area contributed by atoms with Crippen molar-refractivity contribution in [3.05, 3.63) is 38.9 Å². The smallest absolute Gasteiger partial charge is 0.275 e. The average Bonchev–Trinajstić information content (AvgIpc) is 2.42. The van der Waals surface area contributed by atoms with Gasteiger partial charge >= 0.3 is 0 Å². The standard InChI is InChI=1S/C16H25ClN2O2/c1-13(2)7-5-3-4-6-10-18-12-14-8-9-15(17)11-16(14)19(20)21/h8-9,11,13,18H,3-7,10,12H2,1-2H3. The number of unbranched alkanes of at least 4 members (excludes halogenated alkanes) is 3. The Morgan fingerprint density at radius 1 is 1.24 bits per heavy atom. The fourth-order valence-electron chi connectivity index (χ4n) is 2.24. The highest BCUT2D eigenvalue weighted by atomic mass is 35.5. The first-order chi connectivity index (χ1) is 10.0. The molecule has 0 heterocycles. The highest BCUT2D eigenvalue weighted by Crippen LogP contribution is 2.23. The molecule has 0 radical (unpaired) electrons. The molecule has 0 amide bonds. The van der Waals surface area contributed by atoms with Gasteiger partial charge in [-0.1, -0.05) is 51.1 Å². The Balaban J connectivity index is 2.23. The number of hydrogen-bond acceptors (Lipinski definition) is 3. The number of halogens is 1. The van der Waals surface area contributed by atoms with Crippen molar-refractivity contribution in [1.82, 2.24) is 5.32 Å². The lowest BCUT2D eigenvalue weighted by molar-refractivity contribution is -0.385. The van der Waals surface area contributed by atoms with Crippen LogP contribution >= 0.6 is 11.6 Å². The van der Waals surface area contributed by atoms with Gasteiger partial charge in [0.15, 0.2) is 0 Å². The van der Waals surface area contributed by atoms with Gasteiger partial charge in [-0.25, -0.2) is 0 Å². The summed E-state index contributed by atoms with van der Waals surface area (Å²) < 4.78 is 0. The molecule has 0 bridgehead atoms. The van der Waals surface area contributed by atoms with Gasteiger partial charge in [0, 0.05) is 23.2 Å². The van der Waals surface area contributed by atoms with Gasteiger partial charge in [-0.15, -0.1) is 0 Å². The second kappa shape index (κ2) is 9.74. The summed E-state index contributed by atoms with van der Waals surface area (Å²) in [6, 6.07) is 4.82. The van der Waals surface area contributed by atoms with Crippen LogP contribution in [-0.2, 0) is 6.54 Å². The summed E-state index contributed by atoms with van der Waals surface area (Å²) in [6.45, 7) is 5.90. The number of rotatable bonds is 10. The molecule has 1 N–H and O–H groups in total. The molecule has 1 aromatic carbocycles. The second-order valence-electron chi connectivity index (χ2n) is 5.80. The molecule has 0 spiro atoms. The molecule has 0 aliphatic heterocycles. The van der Waals surface area contributed by atoms with Gasteiger partial charge in [-0.05, 0) is 31.0 Å². The number of benzene rings is 1. The molecule has 0 aliphatic carbocycles. The van der Waals surface area contributed by atoms with Crippen molar-refractivity contribution >= 4 is 17.3 Å². The van der Waals surface area contributed by atoms with Crippen LogP contribution in [0.2, 0.25) is 5.02 Å². The first kappa shape index (κ1) is 17.9. The molecule has 0 saturated carbocycles. The minimum Gasteiger partial charge on any atom is -0.312 e. The van der Waals surface area contributed by atoms with Crippen LogP contribution in [0.3, 0.4) is 0 Å². The monoisotopic (exact) mass is 312 g/mol. The summed E-state index contributed by atoms with van der Waals surface area (Å²) in [7, 11) is 0. The summed E-state index contributed by atoms with van der Waals surface area (Å²) in [5, 5.41) is 14.6. The Bertz CT molecular complexity index is 450. The molecule has 0 aromatic heterocycles. The highest BCUT2D eigenvalue weighted by molar-refractivity contribution is 6.30. The van der Waals surface area contributed by atoms with Crippen LogP contribution in [0.1, 0.15) is 51.5 Å². The molecule has 0 aliphatic rings. The number of nitrogens with zero attached hydrogens (tertiary/aromatic N) is 1. The van der Waals surface area contributed by atoms with Crippen LogP contribution in [-0.4, -0.2) is 11.5 Å². The fourth-order valence-corrected chi connectivity index (χ4v) is 2.40. The van der Waals surface area contributed by atoms with Crippen molar-refractivity contribution in [2.24, 2.45) is 5.92 Å². The molecule has 0 unspecified atom stereocenters. The van der Waals surface area contributed by atoms with Gasteiger partial charge in [-0.3, -0.25) is 10.1 Å². The summed E-state index contributed by atoms with van der Waals surface area (Å²) in [5.41, 5.74) is 0.774. The molecule has 0 atom stereocenters. The van der Waals surface area contributed by atoms with Crippen LogP contribution < -0.4 is 5.32 Å². The molecule has 4 nitrogen and oxygen atoms in total. The van der Waals surface area contributed by atoms with E-state index < -0.39 is 0 Å². The third kappa shape index (κ3) is 7.44. The molecule has 21 heavy (non-hydrogen) atoms.